The van der Waals surface area contributed by atoms with E-state index < -0.39 is 0 Å². The van der Waals surface area contributed by atoms with Crippen LogP contribution in [0, 0.1) is 6.92 Å². The number of hydrogen-bond acceptors (Lipinski definition) is 5. The second-order valence-electron chi connectivity index (χ2n) is 6.36. The molecular formula is C19H22N4S. The van der Waals surface area contributed by atoms with Crippen molar-refractivity contribution in [1.29, 1.82) is 0 Å². The zero-order chi connectivity index (χ0) is 16.4. The summed E-state index contributed by atoms with van der Waals surface area (Å²) in [6.07, 6.45) is 2.83. The molecule has 124 valence electrons. The molecular weight excluding hydrogens is 316 g/mol. The minimum Gasteiger partial charge on any atom is -0.353 e. The number of nitrogens with zero attached hydrogens (tertiary/aromatic N) is 4. The highest BCUT2D eigenvalue weighted by Crippen LogP contribution is 2.31. The molecule has 1 aliphatic heterocycles. The van der Waals surface area contributed by atoms with E-state index in [9.17, 15) is 0 Å². The van der Waals surface area contributed by atoms with Gasteiger partial charge in [0.15, 0.2) is 0 Å². The van der Waals surface area contributed by atoms with E-state index in [1.54, 1.807) is 17.7 Å². The van der Waals surface area contributed by atoms with E-state index in [4.69, 9.17) is 0 Å². The number of rotatable bonds is 4. The first-order valence-corrected chi connectivity index (χ1v) is 9.39. The summed E-state index contributed by atoms with van der Waals surface area (Å²) in [5.41, 5.74) is 2.71. The van der Waals surface area contributed by atoms with Crippen molar-refractivity contribution in [3.8, 4) is 0 Å². The fourth-order valence-corrected chi connectivity index (χ4v) is 4.24. The first-order valence-electron chi connectivity index (χ1n) is 8.51. The lowest BCUT2D eigenvalue weighted by Crippen LogP contribution is -2.47. The third kappa shape index (κ3) is 3.14. The van der Waals surface area contributed by atoms with Gasteiger partial charge in [0.2, 0.25) is 0 Å². The van der Waals surface area contributed by atoms with Gasteiger partial charge in [-0.25, -0.2) is 9.97 Å². The summed E-state index contributed by atoms with van der Waals surface area (Å²) >= 11 is 1.71. The van der Waals surface area contributed by atoms with Gasteiger partial charge in [0.05, 0.1) is 5.39 Å². The average Bonchev–Trinajstić information content (AvgIpc) is 3.03. The Hall–Kier alpha value is -1.98. The van der Waals surface area contributed by atoms with Crippen LogP contribution in [0.1, 0.15) is 11.1 Å². The maximum Gasteiger partial charge on any atom is 0.141 e. The van der Waals surface area contributed by atoms with E-state index in [1.807, 2.05) is 0 Å². The van der Waals surface area contributed by atoms with Gasteiger partial charge in [0.25, 0.3) is 0 Å². The van der Waals surface area contributed by atoms with Crippen molar-refractivity contribution >= 4 is 27.4 Å². The van der Waals surface area contributed by atoms with Crippen LogP contribution in [0.25, 0.3) is 10.2 Å². The minimum atomic E-state index is 1.04. The zero-order valence-corrected chi connectivity index (χ0v) is 14.8. The molecule has 4 rings (SSSR count). The second-order valence-corrected chi connectivity index (χ2v) is 7.22. The van der Waals surface area contributed by atoms with Crippen molar-refractivity contribution < 1.29 is 0 Å². The number of anilines is 1. The Morgan fingerprint density at radius 1 is 1.04 bits per heavy atom. The Morgan fingerprint density at radius 2 is 1.83 bits per heavy atom. The number of benzene rings is 1. The number of aromatic nitrogens is 2. The van der Waals surface area contributed by atoms with Gasteiger partial charge in [-0.05, 0) is 29.9 Å². The summed E-state index contributed by atoms with van der Waals surface area (Å²) in [7, 11) is 0. The molecule has 0 amide bonds. The van der Waals surface area contributed by atoms with Crippen LogP contribution in [-0.2, 0) is 6.42 Å². The van der Waals surface area contributed by atoms with Gasteiger partial charge in [-0.15, -0.1) is 11.3 Å². The molecule has 0 bridgehead atoms. The largest absolute Gasteiger partial charge is 0.353 e. The molecule has 0 radical (unpaired) electrons. The highest BCUT2D eigenvalue weighted by Gasteiger charge is 2.20. The van der Waals surface area contributed by atoms with Crippen molar-refractivity contribution in [2.45, 2.75) is 13.3 Å². The molecule has 0 N–H and O–H groups in total. The van der Waals surface area contributed by atoms with Crippen LogP contribution in [-0.4, -0.2) is 47.6 Å². The highest BCUT2D eigenvalue weighted by atomic mass is 32.1. The van der Waals surface area contributed by atoms with Gasteiger partial charge in [0, 0.05) is 32.7 Å². The Morgan fingerprint density at radius 3 is 2.62 bits per heavy atom. The molecule has 1 aliphatic rings. The molecule has 0 spiro atoms. The SMILES string of the molecule is Cc1csc2ncnc(N3CCN(CCc4ccccc4)CC3)c12. The van der Waals surface area contributed by atoms with E-state index >= 15 is 0 Å². The molecule has 5 heteroatoms. The van der Waals surface area contributed by atoms with Crippen molar-refractivity contribution in [1.82, 2.24) is 14.9 Å². The standard InChI is InChI=1S/C19H22N4S/c1-15-13-24-19-17(15)18(20-14-21-19)23-11-9-22(10-12-23)8-7-16-5-3-2-4-6-16/h2-6,13-14H,7-12H2,1H3. The summed E-state index contributed by atoms with van der Waals surface area (Å²) < 4.78 is 0. The minimum absolute atomic E-state index is 1.04. The summed E-state index contributed by atoms with van der Waals surface area (Å²) in [6, 6.07) is 10.8. The number of hydrogen-bond donors (Lipinski definition) is 0. The smallest absolute Gasteiger partial charge is 0.141 e. The molecule has 3 heterocycles. The Labute approximate surface area is 146 Å². The van der Waals surface area contributed by atoms with Gasteiger partial charge in [0.1, 0.15) is 17.0 Å². The maximum atomic E-state index is 4.59. The van der Waals surface area contributed by atoms with Crippen LogP contribution in [0.5, 0.6) is 0 Å². The van der Waals surface area contributed by atoms with E-state index in [-0.39, 0.29) is 0 Å². The Bertz CT molecular complexity index is 807. The average molecular weight is 338 g/mol. The Kier molecular flexibility index (Phi) is 4.45. The quantitative estimate of drug-likeness (QED) is 0.730. The van der Waals surface area contributed by atoms with Gasteiger partial charge >= 0.3 is 0 Å². The lowest BCUT2D eigenvalue weighted by atomic mass is 10.1. The number of piperazine rings is 1. The summed E-state index contributed by atoms with van der Waals surface area (Å²) in [5.74, 6) is 1.11. The maximum absolute atomic E-state index is 4.59. The predicted octanol–water partition coefficient (Wildman–Crippen LogP) is 3.36. The molecule has 1 fully saturated rings. The van der Waals surface area contributed by atoms with Crippen molar-refractivity contribution in [2.24, 2.45) is 0 Å². The third-order valence-corrected chi connectivity index (χ3v) is 5.77. The number of thiophene rings is 1. The summed E-state index contributed by atoms with van der Waals surface area (Å²) in [4.78, 5) is 15.1. The van der Waals surface area contributed by atoms with Gasteiger partial charge < -0.3 is 4.90 Å². The fourth-order valence-electron chi connectivity index (χ4n) is 3.35. The molecule has 3 aromatic rings. The van der Waals surface area contributed by atoms with Crippen LogP contribution in [0.3, 0.4) is 0 Å². The van der Waals surface area contributed by atoms with Crippen LogP contribution in [0.2, 0.25) is 0 Å². The molecule has 24 heavy (non-hydrogen) atoms. The predicted molar refractivity (Wildman–Crippen MR) is 101 cm³/mol. The van der Waals surface area contributed by atoms with Crippen LogP contribution in [0.15, 0.2) is 42.0 Å². The van der Waals surface area contributed by atoms with E-state index in [0.717, 1.165) is 49.8 Å². The molecule has 1 aromatic carbocycles. The monoisotopic (exact) mass is 338 g/mol. The zero-order valence-electron chi connectivity index (χ0n) is 14.0. The third-order valence-electron chi connectivity index (χ3n) is 4.77. The summed E-state index contributed by atoms with van der Waals surface area (Å²) in [6.45, 7) is 7.56. The van der Waals surface area contributed by atoms with E-state index in [2.05, 4.69) is 62.4 Å². The van der Waals surface area contributed by atoms with Crippen LogP contribution in [0.4, 0.5) is 5.82 Å². The molecule has 0 aliphatic carbocycles. The second kappa shape index (κ2) is 6.87. The first-order chi connectivity index (χ1) is 11.8. The normalized spacial score (nSPS) is 16.0. The van der Waals surface area contributed by atoms with E-state index in [1.165, 1.54) is 16.5 Å². The van der Waals surface area contributed by atoms with Gasteiger partial charge in [-0.2, -0.15) is 0 Å². The number of aryl methyl sites for hydroxylation is 1. The lowest BCUT2D eigenvalue weighted by molar-refractivity contribution is 0.260. The molecule has 4 nitrogen and oxygen atoms in total. The van der Waals surface area contributed by atoms with Crippen LogP contribution >= 0.6 is 11.3 Å². The fraction of sp³-hybridized carbons (Fsp3) is 0.368. The van der Waals surface area contributed by atoms with Crippen molar-refractivity contribution in [2.75, 3.05) is 37.6 Å². The molecule has 0 unspecified atom stereocenters. The Balaban J connectivity index is 1.40. The summed E-state index contributed by atoms with van der Waals surface area (Å²) in [5, 5.41) is 3.42. The number of fused-ring (bicyclic) bond motifs is 1. The molecule has 1 saturated heterocycles. The van der Waals surface area contributed by atoms with Crippen molar-refractivity contribution in [3.05, 3.63) is 53.2 Å². The van der Waals surface area contributed by atoms with Crippen molar-refractivity contribution in [3.63, 3.8) is 0 Å². The topological polar surface area (TPSA) is 32.3 Å². The first kappa shape index (κ1) is 15.5. The lowest BCUT2D eigenvalue weighted by Gasteiger charge is -2.35. The van der Waals surface area contributed by atoms with Crippen LogP contribution < -0.4 is 4.90 Å². The molecule has 2 aromatic heterocycles. The van der Waals surface area contributed by atoms with E-state index in [0.29, 0.717) is 0 Å². The molecule has 0 saturated carbocycles. The van der Waals surface area contributed by atoms with Gasteiger partial charge in [-0.1, -0.05) is 30.3 Å². The highest BCUT2D eigenvalue weighted by molar-refractivity contribution is 7.17. The van der Waals surface area contributed by atoms with Gasteiger partial charge in [-0.3, -0.25) is 4.90 Å². The molecule has 0 atom stereocenters.